The Kier molecular flexibility index (Phi) is 9.56. The first kappa shape index (κ1) is 31.7. The molecule has 2 aromatic heterocycles. The summed E-state index contributed by atoms with van der Waals surface area (Å²) in [5, 5.41) is 7.88. The predicted octanol–water partition coefficient (Wildman–Crippen LogP) is 6.34. The number of aryl methyl sites for hydroxylation is 1. The van der Waals surface area contributed by atoms with Crippen molar-refractivity contribution < 1.29 is 42.1 Å². The van der Waals surface area contributed by atoms with Gasteiger partial charge in [-0.25, -0.2) is 0 Å². The number of halogens is 5. The second-order valence-corrected chi connectivity index (χ2v) is 9.43. The van der Waals surface area contributed by atoms with Crippen molar-refractivity contribution in [2.75, 3.05) is 23.9 Å². The first-order valence-electron chi connectivity index (χ1n) is 12.5. The molecule has 43 heavy (non-hydrogen) atoms. The van der Waals surface area contributed by atoms with Gasteiger partial charge in [-0.2, -0.15) is 26.5 Å². The van der Waals surface area contributed by atoms with Crippen LogP contribution in [0.3, 0.4) is 0 Å². The number of aromatic nitrogens is 3. The van der Waals surface area contributed by atoms with Gasteiger partial charge >= 0.3 is 6.18 Å². The second-order valence-electron chi connectivity index (χ2n) is 9.43. The van der Waals surface area contributed by atoms with Crippen LogP contribution < -0.4 is 14.9 Å². The van der Waals surface area contributed by atoms with Crippen molar-refractivity contribution in [1.29, 1.82) is 0 Å². The smallest absolute Gasteiger partial charge is 0.394 e. The van der Waals surface area contributed by atoms with Gasteiger partial charge in [0.1, 0.15) is 0 Å². The fraction of sp³-hybridized carbons (Fsp3) is 0.133. The van der Waals surface area contributed by atoms with Crippen LogP contribution in [0.5, 0.6) is 0 Å². The number of alkyl halides is 3. The molecule has 0 atom stereocenters. The van der Waals surface area contributed by atoms with E-state index >= 15 is 0 Å². The first-order valence-corrected chi connectivity index (χ1v) is 12.5. The monoisotopic (exact) mass is 769 g/mol. The second kappa shape index (κ2) is 13.0. The van der Waals surface area contributed by atoms with E-state index in [0.717, 1.165) is 30.0 Å². The van der Waals surface area contributed by atoms with Gasteiger partial charge < -0.3 is 29.8 Å². The SMILES string of the molecule is CN1C=CN(c2[c-]c(N3C=CN(C)[CH-]3)cc(C(F)(F)F)c2)[CH-]1.Cc1cc(-c2cccc(-c3[c-]cc(F)cc3F)n2)[n-]n1.[Ir]. The number of benzene rings is 2. The third kappa shape index (κ3) is 7.60. The van der Waals surface area contributed by atoms with Crippen LogP contribution in [-0.4, -0.2) is 34.0 Å². The third-order valence-electron chi connectivity index (χ3n) is 6.05. The van der Waals surface area contributed by atoms with Crippen molar-refractivity contribution in [3.8, 4) is 22.6 Å². The zero-order chi connectivity index (χ0) is 30.0. The number of hydrogen-bond acceptors (Lipinski definition) is 6. The Bertz CT molecular complexity index is 1590. The van der Waals surface area contributed by atoms with E-state index in [0.29, 0.717) is 28.5 Å². The molecule has 0 amide bonds. The molecule has 2 aliphatic rings. The molecule has 227 valence electrons. The summed E-state index contributed by atoms with van der Waals surface area (Å²) >= 11 is 0. The Balaban J connectivity index is 0.000000193. The van der Waals surface area contributed by atoms with Gasteiger partial charge in [-0.15, -0.1) is 41.7 Å². The summed E-state index contributed by atoms with van der Waals surface area (Å²) in [7, 11) is 3.61. The van der Waals surface area contributed by atoms with Crippen molar-refractivity contribution in [1.82, 2.24) is 25.0 Å². The quantitative estimate of drug-likeness (QED) is 0.178. The minimum atomic E-state index is -4.41. The zero-order valence-electron chi connectivity index (χ0n) is 22.9. The van der Waals surface area contributed by atoms with Crippen LogP contribution in [0.1, 0.15) is 11.3 Å². The number of rotatable bonds is 4. The molecule has 2 aromatic carbocycles. The molecule has 0 fully saturated rings. The van der Waals surface area contributed by atoms with E-state index in [-0.39, 0.29) is 25.7 Å². The molecule has 0 saturated carbocycles. The van der Waals surface area contributed by atoms with Gasteiger partial charge in [-0.3, -0.25) is 13.8 Å². The molecule has 4 aromatic rings. The molecule has 0 spiro atoms. The first-order chi connectivity index (χ1) is 20.0. The normalized spacial score (nSPS) is 14.2. The molecule has 13 heteroatoms. The summed E-state index contributed by atoms with van der Waals surface area (Å²) in [6, 6.07) is 16.6. The average molecular weight is 769 g/mol. The number of hydrogen-bond donors (Lipinski definition) is 0. The van der Waals surface area contributed by atoms with Gasteiger partial charge in [0.2, 0.25) is 0 Å². The van der Waals surface area contributed by atoms with Gasteiger partial charge in [0, 0.05) is 43.1 Å². The van der Waals surface area contributed by atoms with Crippen LogP contribution in [0.15, 0.2) is 73.3 Å². The summed E-state index contributed by atoms with van der Waals surface area (Å²) in [6.45, 7) is 5.20. The standard InChI is InChI=1S/C15H14F3N4.C15H9F2N3.Ir/c1-19-3-5-21(10-19)13-7-12(15(16,17)18)8-14(9-13)22-6-4-20(2)11-22;1-9-7-15(20-19-9)14-4-2-3-13(18-14)11-6-5-10(16)8-12(11)17;/h3-8,10-11H,1-2H3;2-5,7-8H,1H3;/q-3;-2;. The summed E-state index contributed by atoms with van der Waals surface area (Å²) < 4.78 is 66.1. The zero-order valence-corrected chi connectivity index (χ0v) is 25.3. The Morgan fingerprint density at radius 3 is 1.95 bits per heavy atom. The maximum absolute atomic E-state index is 13.7. The van der Waals surface area contributed by atoms with E-state index in [1.54, 1.807) is 96.1 Å². The molecule has 7 nitrogen and oxygen atoms in total. The molecule has 2 aliphatic heterocycles. The number of nitrogens with zero attached hydrogens (tertiary/aromatic N) is 7. The van der Waals surface area contributed by atoms with Crippen LogP contribution >= 0.6 is 0 Å². The summed E-state index contributed by atoms with van der Waals surface area (Å²) in [6.07, 6.45) is 2.47. The van der Waals surface area contributed by atoms with Crippen LogP contribution in [0, 0.1) is 44.0 Å². The molecule has 4 heterocycles. The van der Waals surface area contributed by atoms with E-state index in [2.05, 4.69) is 27.3 Å². The van der Waals surface area contributed by atoms with Gasteiger partial charge in [-0.1, -0.05) is 41.1 Å². The Labute approximate surface area is 259 Å². The van der Waals surface area contributed by atoms with Crippen molar-refractivity contribution in [2.45, 2.75) is 13.1 Å². The summed E-state index contributed by atoms with van der Waals surface area (Å²) in [5.74, 6) is -1.36. The Morgan fingerprint density at radius 2 is 1.47 bits per heavy atom. The van der Waals surface area contributed by atoms with E-state index < -0.39 is 23.4 Å². The van der Waals surface area contributed by atoms with Gasteiger partial charge in [-0.05, 0) is 57.6 Å². The molecular weight excluding hydrogens is 746 g/mol. The van der Waals surface area contributed by atoms with Crippen molar-refractivity contribution in [3.05, 3.63) is 122 Å². The molecule has 0 aliphatic carbocycles. The molecule has 0 N–H and O–H groups in total. The molecule has 0 saturated heterocycles. The topological polar surface area (TPSA) is 52.8 Å². The summed E-state index contributed by atoms with van der Waals surface area (Å²) in [5.41, 5.74) is 2.46. The molecule has 6 rings (SSSR count). The van der Waals surface area contributed by atoms with E-state index in [1.807, 2.05) is 6.92 Å². The van der Waals surface area contributed by atoms with Crippen LogP contribution in [-0.2, 0) is 26.3 Å². The van der Waals surface area contributed by atoms with Gasteiger partial charge in [0.25, 0.3) is 0 Å². The Morgan fingerprint density at radius 1 is 0.860 bits per heavy atom. The largest absolute Gasteiger partial charge is 0.574 e. The summed E-state index contributed by atoms with van der Waals surface area (Å²) in [4.78, 5) is 11.0. The van der Waals surface area contributed by atoms with Crippen molar-refractivity contribution >= 4 is 11.4 Å². The molecule has 0 bridgehead atoms. The van der Waals surface area contributed by atoms with E-state index in [4.69, 9.17) is 0 Å². The molecule has 0 unspecified atom stereocenters. The van der Waals surface area contributed by atoms with Gasteiger partial charge in [0.05, 0.1) is 0 Å². The fourth-order valence-electron chi connectivity index (χ4n) is 4.04. The van der Waals surface area contributed by atoms with Crippen molar-refractivity contribution in [3.63, 3.8) is 0 Å². The predicted molar refractivity (Wildman–Crippen MR) is 147 cm³/mol. The average Bonchev–Trinajstić information content (AvgIpc) is 3.70. The number of pyridine rings is 1. The van der Waals surface area contributed by atoms with Crippen molar-refractivity contribution in [2.24, 2.45) is 0 Å². The molecular formula is C30H23F5IrN7-5. The van der Waals surface area contributed by atoms with E-state index in [9.17, 15) is 22.0 Å². The van der Waals surface area contributed by atoms with Crippen LogP contribution in [0.2, 0.25) is 0 Å². The molecule has 1 radical (unpaired) electrons. The Hall–Kier alpha value is -4.22. The van der Waals surface area contributed by atoms with Crippen LogP contribution in [0.4, 0.5) is 33.3 Å². The number of anilines is 2. The maximum Gasteiger partial charge on any atom is 0.394 e. The maximum atomic E-state index is 13.7. The third-order valence-corrected chi connectivity index (χ3v) is 6.05. The van der Waals surface area contributed by atoms with Crippen LogP contribution in [0.25, 0.3) is 22.6 Å². The van der Waals surface area contributed by atoms with Gasteiger partial charge in [0.15, 0.2) is 0 Å². The fourth-order valence-corrected chi connectivity index (χ4v) is 4.04. The van der Waals surface area contributed by atoms with E-state index in [1.165, 1.54) is 0 Å². The minimum absolute atomic E-state index is 0. The minimum Gasteiger partial charge on any atom is -0.574 e.